The van der Waals surface area contributed by atoms with Gasteiger partial charge in [0.25, 0.3) is 0 Å². The van der Waals surface area contributed by atoms with Gasteiger partial charge in [-0.2, -0.15) is 0 Å². The lowest BCUT2D eigenvalue weighted by molar-refractivity contribution is -0.115. The highest BCUT2D eigenvalue weighted by atomic mass is 32.1. The molecule has 0 unspecified atom stereocenters. The molecule has 0 radical (unpaired) electrons. The molecule has 2 N–H and O–H groups in total. The van der Waals surface area contributed by atoms with Gasteiger partial charge in [0.15, 0.2) is 5.13 Å². The van der Waals surface area contributed by atoms with Crippen LogP contribution in [0.4, 0.5) is 20.4 Å². The van der Waals surface area contributed by atoms with Crippen LogP contribution in [0.3, 0.4) is 0 Å². The number of para-hydroxylation sites is 1. The SMILES string of the molecule is CCOC(=O)N1CCN(C(=O)Nc2nc(CC(=O)Nc3c(C)cccc3C)cs2)CC1. The summed E-state index contributed by atoms with van der Waals surface area (Å²) in [5.74, 6) is -0.157. The molecule has 0 spiro atoms. The molecular weight excluding hydrogens is 418 g/mol. The fourth-order valence-electron chi connectivity index (χ4n) is 3.28. The summed E-state index contributed by atoms with van der Waals surface area (Å²) in [4.78, 5) is 44.2. The highest BCUT2D eigenvalue weighted by molar-refractivity contribution is 7.13. The number of rotatable bonds is 5. The molecule has 0 atom stereocenters. The zero-order chi connectivity index (χ0) is 22.4. The van der Waals surface area contributed by atoms with E-state index in [-0.39, 0.29) is 24.5 Å². The minimum Gasteiger partial charge on any atom is -0.450 e. The standard InChI is InChI=1S/C21H27N5O4S/c1-4-30-21(29)26-10-8-25(9-11-26)20(28)24-19-22-16(13-31-19)12-17(27)23-18-14(2)6-5-7-15(18)3/h5-7,13H,4,8-12H2,1-3H3,(H,23,27)(H,22,24,28). The van der Waals surface area contributed by atoms with Gasteiger partial charge in [-0.15, -0.1) is 11.3 Å². The molecule has 1 aromatic carbocycles. The Labute approximate surface area is 185 Å². The molecule has 0 bridgehead atoms. The Morgan fingerprint density at radius 3 is 2.35 bits per heavy atom. The molecule has 3 rings (SSSR count). The van der Waals surface area contributed by atoms with Gasteiger partial charge in [0.2, 0.25) is 5.91 Å². The number of aryl methyl sites for hydroxylation is 2. The Kier molecular flexibility index (Phi) is 7.45. The average molecular weight is 446 g/mol. The second kappa shape index (κ2) is 10.3. The quantitative estimate of drug-likeness (QED) is 0.735. The number of hydrogen-bond donors (Lipinski definition) is 2. The molecular formula is C21H27N5O4S. The van der Waals surface area contributed by atoms with Gasteiger partial charge in [-0.25, -0.2) is 14.6 Å². The number of thiazole rings is 1. The molecule has 31 heavy (non-hydrogen) atoms. The van der Waals surface area contributed by atoms with Crippen LogP contribution in [-0.4, -0.2) is 65.6 Å². The van der Waals surface area contributed by atoms with Gasteiger partial charge in [-0.1, -0.05) is 18.2 Å². The zero-order valence-corrected chi connectivity index (χ0v) is 18.8. The third-order valence-corrected chi connectivity index (χ3v) is 5.75. The number of nitrogens with zero attached hydrogens (tertiary/aromatic N) is 3. The molecule has 166 valence electrons. The molecule has 10 heteroatoms. The fourth-order valence-corrected chi connectivity index (χ4v) is 3.98. The van der Waals surface area contributed by atoms with Crippen LogP contribution < -0.4 is 10.6 Å². The molecule has 4 amide bonds. The lowest BCUT2D eigenvalue weighted by Gasteiger charge is -2.33. The maximum absolute atomic E-state index is 12.5. The number of carbonyl (C=O) groups is 3. The second-order valence-electron chi connectivity index (χ2n) is 7.24. The average Bonchev–Trinajstić information content (AvgIpc) is 3.17. The molecule has 1 fully saturated rings. The van der Waals surface area contributed by atoms with E-state index in [2.05, 4.69) is 15.6 Å². The number of urea groups is 1. The van der Waals surface area contributed by atoms with Crippen molar-refractivity contribution in [3.05, 3.63) is 40.4 Å². The Balaban J connectivity index is 1.49. The Morgan fingerprint density at radius 2 is 1.71 bits per heavy atom. The number of ether oxygens (including phenoxy) is 1. The van der Waals surface area contributed by atoms with Crippen molar-refractivity contribution in [3.8, 4) is 0 Å². The number of benzene rings is 1. The molecule has 1 aliphatic rings. The third-order valence-electron chi connectivity index (χ3n) is 4.95. The van der Waals surface area contributed by atoms with E-state index in [1.54, 1.807) is 22.1 Å². The van der Waals surface area contributed by atoms with Crippen molar-refractivity contribution < 1.29 is 19.1 Å². The van der Waals surface area contributed by atoms with Crippen molar-refractivity contribution in [2.75, 3.05) is 43.4 Å². The van der Waals surface area contributed by atoms with E-state index < -0.39 is 0 Å². The zero-order valence-electron chi connectivity index (χ0n) is 17.9. The second-order valence-corrected chi connectivity index (χ2v) is 8.10. The summed E-state index contributed by atoms with van der Waals surface area (Å²) in [5, 5.41) is 7.91. The first-order chi connectivity index (χ1) is 14.9. The van der Waals surface area contributed by atoms with Crippen molar-refractivity contribution in [1.29, 1.82) is 0 Å². The van der Waals surface area contributed by atoms with Crippen molar-refractivity contribution in [2.45, 2.75) is 27.2 Å². The van der Waals surface area contributed by atoms with Crippen LogP contribution >= 0.6 is 11.3 Å². The molecule has 2 aromatic rings. The van der Waals surface area contributed by atoms with Gasteiger partial charge in [-0.3, -0.25) is 10.1 Å². The fraction of sp³-hybridized carbons (Fsp3) is 0.429. The topological polar surface area (TPSA) is 104 Å². The molecule has 1 aromatic heterocycles. The van der Waals surface area contributed by atoms with E-state index in [9.17, 15) is 14.4 Å². The summed E-state index contributed by atoms with van der Waals surface area (Å²) in [7, 11) is 0. The monoisotopic (exact) mass is 445 g/mol. The number of piperazine rings is 1. The lowest BCUT2D eigenvalue weighted by atomic mass is 10.1. The van der Waals surface area contributed by atoms with Gasteiger partial charge in [0.1, 0.15) is 0 Å². The minimum absolute atomic E-state index is 0.123. The van der Waals surface area contributed by atoms with Crippen LogP contribution in [0.1, 0.15) is 23.7 Å². The van der Waals surface area contributed by atoms with E-state index in [4.69, 9.17) is 4.74 Å². The third kappa shape index (κ3) is 5.94. The van der Waals surface area contributed by atoms with Crippen molar-refractivity contribution in [1.82, 2.24) is 14.8 Å². The largest absolute Gasteiger partial charge is 0.450 e. The molecule has 9 nitrogen and oxygen atoms in total. The van der Waals surface area contributed by atoms with Crippen molar-refractivity contribution in [2.24, 2.45) is 0 Å². The number of hydrogen-bond acceptors (Lipinski definition) is 6. The maximum Gasteiger partial charge on any atom is 0.409 e. The Morgan fingerprint density at radius 1 is 1.06 bits per heavy atom. The molecule has 2 heterocycles. The van der Waals surface area contributed by atoms with Crippen molar-refractivity contribution >= 4 is 40.2 Å². The van der Waals surface area contributed by atoms with E-state index in [0.29, 0.717) is 43.6 Å². The normalized spacial score (nSPS) is 13.6. The first-order valence-corrected chi connectivity index (χ1v) is 11.0. The number of carbonyl (C=O) groups excluding carboxylic acids is 3. The maximum atomic E-state index is 12.5. The smallest absolute Gasteiger partial charge is 0.409 e. The van der Waals surface area contributed by atoms with Gasteiger partial charge >= 0.3 is 12.1 Å². The number of aromatic nitrogens is 1. The molecule has 1 saturated heterocycles. The Bertz CT molecular complexity index is 933. The number of amides is 4. The summed E-state index contributed by atoms with van der Waals surface area (Å²) < 4.78 is 4.98. The van der Waals surface area contributed by atoms with Crippen LogP contribution in [0.5, 0.6) is 0 Å². The number of nitrogens with one attached hydrogen (secondary N) is 2. The summed E-state index contributed by atoms with van der Waals surface area (Å²) in [6.45, 7) is 7.67. The van der Waals surface area contributed by atoms with E-state index >= 15 is 0 Å². The first-order valence-electron chi connectivity index (χ1n) is 10.2. The highest BCUT2D eigenvalue weighted by Gasteiger charge is 2.25. The van der Waals surface area contributed by atoms with Crippen LogP contribution in [0.25, 0.3) is 0 Å². The Hall–Kier alpha value is -3.14. The van der Waals surface area contributed by atoms with Gasteiger partial charge < -0.3 is 19.9 Å². The van der Waals surface area contributed by atoms with Crippen molar-refractivity contribution in [3.63, 3.8) is 0 Å². The predicted octanol–water partition coefficient (Wildman–Crippen LogP) is 3.25. The highest BCUT2D eigenvalue weighted by Crippen LogP contribution is 2.21. The minimum atomic E-state index is -0.355. The van der Waals surface area contributed by atoms with Crippen LogP contribution in [0.2, 0.25) is 0 Å². The number of anilines is 2. The first kappa shape index (κ1) is 22.5. The summed E-state index contributed by atoms with van der Waals surface area (Å²) in [5.41, 5.74) is 3.42. The summed E-state index contributed by atoms with van der Waals surface area (Å²) >= 11 is 1.27. The molecule has 0 saturated carbocycles. The van der Waals surface area contributed by atoms with Gasteiger partial charge in [-0.05, 0) is 31.9 Å². The predicted molar refractivity (Wildman–Crippen MR) is 120 cm³/mol. The van der Waals surface area contributed by atoms with Crippen LogP contribution in [0, 0.1) is 13.8 Å². The van der Waals surface area contributed by atoms with Crippen LogP contribution in [-0.2, 0) is 16.0 Å². The van der Waals surface area contributed by atoms with Gasteiger partial charge in [0, 0.05) is 37.2 Å². The van der Waals surface area contributed by atoms with Crippen LogP contribution in [0.15, 0.2) is 23.6 Å². The summed E-state index contributed by atoms with van der Waals surface area (Å²) in [6, 6.07) is 5.58. The van der Waals surface area contributed by atoms with Gasteiger partial charge in [0.05, 0.1) is 18.7 Å². The van der Waals surface area contributed by atoms with E-state index in [0.717, 1.165) is 16.8 Å². The summed E-state index contributed by atoms with van der Waals surface area (Å²) in [6.07, 6.45) is -0.232. The lowest BCUT2D eigenvalue weighted by Crippen LogP contribution is -2.51. The van der Waals surface area contributed by atoms with E-state index in [1.807, 2.05) is 32.0 Å². The molecule has 0 aliphatic carbocycles. The molecule has 1 aliphatic heterocycles. The van der Waals surface area contributed by atoms with E-state index in [1.165, 1.54) is 11.3 Å².